The molecule has 0 unspecified atom stereocenters. The first-order chi connectivity index (χ1) is 15.3. The lowest BCUT2D eigenvalue weighted by molar-refractivity contribution is -0.120. The number of fused-ring (bicyclic) bond motifs is 2. The molecule has 1 amide bonds. The van der Waals surface area contributed by atoms with Crippen LogP contribution in [0.2, 0.25) is 0 Å². The lowest BCUT2D eigenvalue weighted by Crippen LogP contribution is -2.32. The molecule has 0 fully saturated rings. The van der Waals surface area contributed by atoms with Crippen LogP contribution in [-0.2, 0) is 24.1 Å². The number of hydrogen-bond acceptors (Lipinski definition) is 5. The maximum Gasteiger partial charge on any atom is 0.340 e. The van der Waals surface area contributed by atoms with E-state index in [9.17, 15) is 9.59 Å². The van der Waals surface area contributed by atoms with Crippen LogP contribution < -0.4 is 20.4 Å². The zero-order valence-corrected chi connectivity index (χ0v) is 19.0. The van der Waals surface area contributed by atoms with Crippen molar-refractivity contribution in [3.63, 3.8) is 0 Å². The van der Waals surface area contributed by atoms with Crippen molar-refractivity contribution in [1.29, 1.82) is 0 Å². The molecule has 6 nitrogen and oxygen atoms in total. The Labute approximate surface area is 187 Å². The number of amides is 1. The third-order valence-corrected chi connectivity index (χ3v) is 6.08. The van der Waals surface area contributed by atoms with Gasteiger partial charge in [-0.1, -0.05) is 12.1 Å². The molecular formula is C26H29NO5. The fraction of sp³-hybridized carbons (Fsp3) is 0.385. The second kappa shape index (κ2) is 8.69. The fourth-order valence-corrected chi connectivity index (χ4v) is 4.10. The van der Waals surface area contributed by atoms with Gasteiger partial charge in [0.1, 0.15) is 22.7 Å². The van der Waals surface area contributed by atoms with Crippen LogP contribution in [-0.4, -0.2) is 25.2 Å². The van der Waals surface area contributed by atoms with Crippen LogP contribution in [0.5, 0.6) is 11.5 Å². The topological polar surface area (TPSA) is 77.8 Å². The summed E-state index contributed by atoms with van der Waals surface area (Å²) in [4.78, 5) is 25.2. The number of benzene rings is 2. The summed E-state index contributed by atoms with van der Waals surface area (Å²) >= 11 is 0. The minimum Gasteiger partial charge on any atom is -0.497 e. The van der Waals surface area contributed by atoms with Crippen LogP contribution in [0.25, 0.3) is 11.0 Å². The smallest absolute Gasteiger partial charge is 0.340 e. The molecule has 4 rings (SSSR count). The molecule has 2 aromatic carbocycles. The number of carbonyl (C=O) groups is 1. The molecule has 1 aromatic heterocycles. The van der Waals surface area contributed by atoms with Gasteiger partial charge >= 0.3 is 5.63 Å². The van der Waals surface area contributed by atoms with Gasteiger partial charge in [-0.2, -0.15) is 0 Å². The summed E-state index contributed by atoms with van der Waals surface area (Å²) in [5, 5.41) is 3.75. The summed E-state index contributed by atoms with van der Waals surface area (Å²) in [6.45, 7) is 6.47. The number of rotatable bonds is 6. The Morgan fingerprint density at radius 1 is 1.19 bits per heavy atom. The van der Waals surface area contributed by atoms with E-state index in [-0.39, 0.29) is 17.9 Å². The van der Waals surface area contributed by atoms with E-state index in [2.05, 4.69) is 19.2 Å². The summed E-state index contributed by atoms with van der Waals surface area (Å²) in [7, 11) is 1.63. The number of aryl methyl sites for hydroxylation is 2. The van der Waals surface area contributed by atoms with Gasteiger partial charge in [-0.25, -0.2) is 4.79 Å². The maximum absolute atomic E-state index is 12.6. The van der Waals surface area contributed by atoms with E-state index in [0.29, 0.717) is 24.1 Å². The summed E-state index contributed by atoms with van der Waals surface area (Å²) in [5.74, 6) is 1.37. The third kappa shape index (κ3) is 4.64. The second-order valence-electron chi connectivity index (χ2n) is 8.94. The molecule has 0 saturated heterocycles. The minimum atomic E-state index is -0.477. The highest BCUT2D eigenvalue weighted by molar-refractivity contribution is 5.86. The first-order valence-electron chi connectivity index (χ1n) is 10.9. The lowest BCUT2D eigenvalue weighted by Gasteiger charge is -2.32. The van der Waals surface area contributed by atoms with Crippen molar-refractivity contribution in [3.8, 4) is 11.5 Å². The van der Waals surface area contributed by atoms with Crippen molar-refractivity contribution in [3.05, 3.63) is 69.1 Å². The predicted molar refractivity (Wildman–Crippen MR) is 124 cm³/mol. The molecule has 0 bridgehead atoms. The standard InChI is InChI=1S/C26H29NO5/c1-16-20-13-18-9-11-26(2,3)32-22(18)15-23(20)31-25(29)21(16)14-24(28)27-12-10-17-5-7-19(30-4)8-6-17/h5-8,13,15H,9-12,14H2,1-4H3,(H,27,28). The Balaban J connectivity index is 1.47. The van der Waals surface area contributed by atoms with Crippen molar-refractivity contribution in [2.24, 2.45) is 0 Å². The van der Waals surface area contributed by atoms with Gasteiger partial charge in [0.05, 0.1) is 19.1 Å². The molecule has 0 aliphatic carbocycles. The molecule has 1 N–H and O–H groups in total. The summed E-state index contributed by atoms with van der Waals surface area (Å²) in [5.41, 5.74) is 3.17. The zero-order valence-electron chi connectivity index (χ0n) is 19.0. The van der Waals surface area contributed by atoms with Gasteiger partial charge in [0.15, 0.2) is 0 Å². The van der Waals surface area contributed by atoms with Crippen LogP contribution in [0.1, 0.15) is 42.5 Å². The molecule has 168 valence electrons. The minimum absolute atomic E-state index is 0.00661. The van der Waals surface area contributed by atoms with Crippen molar-refractivity contribution < 1.29 is 18.7 Å². The summed E-state index contributed by atoms with van der Waals surface area (Å²) < 4.78 is 16.8. The van der Waals surface area contributed by atoms with E-state index < -0.39 is 5.63 Å². The SMILES string of the molecule is COc1ccc(CCNC(=O)Cc2c(C)c3cc4c(cc3oc2=O)OC(C)(C)CC4)cc1. The highest BCUT2D eigenvalue weighted by Gasteiger charge is 2.27. The molecule has 6 heteroatoms. The van der Waals surface area contributed by atoms with Gasteiger partial charge < -0.3 is 19.2 Å². The van der Waals surface area contributed by atoms with E-state index in [1.54, 1.807) is 13.2 Å². The molecule has 3 aromatic rings. The molecule has 0 spiro atoms. The summed E-state index contributed by atoms with van der Waals surface area (Å²) in [6, 6.07) is 11.6. The molecule has 32 heavy (non-hydrogen) atoms. The van der Waals surface area contributed by atoms with E-state index in [4.69, 9.17) is 13.9 Å². The number of ether oxygens (including phenoxy) is 2. The number of carbonyl (C=O) groups excluding carboxylic acids is 1. The quantitative estimate of drug-likeness (QED) is 0.590. The number of hydrogen-bond donors (Lipinski definition) is 1. The molecule has 0 atom stereocenters. The molecule has 1 aliphatic heterocycles. The third-order valence-electron chi connectivity index (χ3n) is 6.08. The van der Waals surface area contributed by atoms with E-state index in [1.165, 1.54) is 0 Å². The first-order valence-corrected chi connectivity index (χ1v) is 10.9. The van der Waals surface area contributed by atoms with Crippen LogP contribution in [0, 0.1) is 6.92 Å². The van der Waals surface area contributed by atoms with E-state index in [0.717, 1.165) is 46.4 Å². The highest BCUT2D eigenvalue weighted by Crippen LogP contribution is 2.36. The van der Waals surface area contributed by atoms with Gasteiger partial charge in [-0.05, 0) is 74.9 Å². The number of nitrogens with one attached hydrogen (secondary N) is 1. The summed E-state index contributed by atoms with van der Waals surface area (Å²) in [6.07, 6.45) is 2.51. The Morgan fingerprint density at radius 3 is 2.66 bits per heavy atom. The normalized spacial score (nSPS) is 14.5. The highest BCUT2D eigenvalue weighted by atomic mass is 16.5. The van der Waals surface area contributed by atoms with Crippen LogP contribution in [0.3, 0.4) is 0 Å². The molecule has 0 radical (unpaired) electrons. The van der Waals surface area contributed by atoms with Gasteiger partial charge in [0.2, 0.25) is 5.91 Å². The van der Waals surface area contributed by atoms with Crippen LogP contribution in [0.15, 0.2) is 45.6 Å². The average molecular weight is 436 g/mol. The van der Waals surface area contributed by atoms with Crippen molar-refractivity contribution in [1.82, 2.24) is 5.32 Å². The van der Waals surface area contributed by atoms with Gasteiger partial charge in [0, 0.05) is 18.0 Å². The van der Waals surface area contributed by atoms with Crippen LogP contribution in [0.4, 0.5) is 0 Å². The average Bonchev–Trinajstić information content (AvgIpc) is 2.75. The molecule has 2 heterocycles. The lowest BCUT2D eigenvalue weighted by atomic mass is 9.92. The Kier molecular flexibility index (Phi) is 5.96. The van der Waals surface area contributed by atoms with Gasteiger partial charge in [-0.15, -0.1) is 0 Å². The van der Waals surface area contributed by atoms with E-state index in [1.807, 2.05) is 37.3 Å². The van der Waals surface area contributed by atoms with Crippen LogP contribution >= 0.6 is 0 Å². The predicted octanol–water partition coefficient (Wildman–Crippen LogP) is 4.12. The molecular weight excluding hydrogens is 406 g/mol. The Morgan fingerprint density at radius 2 is 1.94 bits per heavy atom. The first kappa shape index (κ1) is 21.9. The Bertz CT molecular complexity index is 1210. The molecule has 1 aliphatic rings. The van der Waals surface area contributed by atoms with Crippen molar-refractivity contribution >= 4 is 16.9 Å². The second-order valence-corrected chi connectivity index (χ2v) is 8.94. The van der Waals surface area contributed by atoms with Gasteiger partial charge in [0.25, 0.3) is 0 Å². The molecule has 0 saturated carbocycles. The monoisotopic (exact) mass is 435 g/mol. The maximum atomic E-state index is 12.6. The van der Waals surface area contributed by atoms with Crippen molar-refractivity contribution in [2.75, 3.05) is 13.7 Å². The fourth-order valence-electron chi connectivity index (χ4n) is 4.10. The van der Waals surface area contributed by atoms with Gasteiger partial charge in [-0.3, -0.25) is 4.79 Å². The Hall–Kier alpha value is -3.28. The number of methoxy groups -OCH3 is 1. The largest absolute Gasteiger partial charge is 0.497 e. The van der Waals surface area contributed by atoms with Crippen molar-refractivity contribution in [2.45, 2.75) is 52.1 Å². The van der Waals surface area contributed by atoms with E-state index >= 15 is 0 Å². The zero-order chi connectivity index (χ0) is 22.9.